The van der Waals surface area contributed by atoms with E-state index in [4.69, 9.17) is 5.73 Å². The van der Waals surface area contributed by atoms with E-state index in [9.17, 15) is 13.2 Å². The summed E-state index contributed by atoms with van der Waals surface area (Å²) in [4.78, 5) is 14.8. The largest absolute Gasteiger partial charge is 0.338 e. The summed E-state index contributed by atoms with van der Waals surface area (Å²) in [7, 11) is -3.72. The van der Waals surface area contributed by atoms with Crippen LogP contribution < -0.4 is 10.0 Å². The van der Waals surface area contributed by atoms with Gasteiger partial charge in [-0.05, 0) is 54.6 Å². The molecule has 1 fully saturated rings. The van der Waals surface area contributed by atoms with Crippen molar-refractivity contribution in [1.29, 1.82) is 0 Å². The van der Waals surface area contributed by atoms with Gasteiger partial charge in [-0.3, -0.25) is 9.10 Å². The highest BCUT2D eigenvalue weighted by molar-refractivity contribution is 7.92. The first-order valence-electron chi connectivity index (χ1n) is 9.54. The number of nitrogens with two attached hydrogens (primary N) is 1. The smallest absolute Gasteiger partial charge is 0.264 e. The third kappa shape index (κ3) is 3.86. The van der Waals surface area contributed by atoms with Crippen LogP contribution in [0.2, 0.25) is 0 Å². The topological polar surface area (TPSA) is 83.7 Å². The van der Waals surface area contributed by atoms with Crippen molar-refractivity contribution in [3.8, 4) is 0 Å². The molecule has 1 atom stereocenters. The molecule has 2 aliphatic heterocycles. The van der Waals surface area contributed by atoms with Crippen molar-refractivity contribution >= 4 is 34.0 Å². The monoisotopic (exact) mass is 435 g/mol. The maximum atomic E-state index is 13.2. The van der Waals surface area contributed by atoms with Gasteiger partial charge in [-0.1, -0.05) is 31.2 Å². The van der Waals surface area contributed by atoms with Crippen molar-refractivity contribution in [1.82, 2.24) is 4.90 Å². The first-order chi connectivity index (χ1) is 13.3. The van der Waals surface area contributed by atoms with Crippen LogP contribution in [0.3, 0.4) is 0 Å². The number of amides is 1. The molecule has 4 rings (SSSR count). The Morgan fingerprint density at radius 2 is 1.90 bits per heavy atom. The quantitative estimate of drug-likeness (QED) is 0.800. The van der Waals surface area contributed by atoms with Gasteiger partial charge >= 0.3 is 0 Å². The fourth-order valence-electron chi connectivity index (χ4n) is 4.02. The molecule has 0 bridgehead atoms. The van der Waals surface area contributed by atoms with Crippen LogP contribution >= 0.6 is 12.4 Å². The van der Waals surface area contributed by atoms with E-state index in [1.165, 1.54) is 10.4 Å². The summed E-state index contributed by atoms with van der Waals surface area (Å²) in [5, 5.41) is 0. The molecule has 1 amide bonds. The fourth-order valence-corrected chi connectivity index (χ4v) is 5.57. The minimum absolute atomic E-state index is 0. The molecule has 2 N–H and O–H groups in total. The Kier molecular flexibility index (Phi) is 5.94. The second kappa shape index (κ2) is 7.97. The second-order valence-corrected chi connectivity index (χ2v) is 9.84. The van der Waals surface area contributed by atoms with Gasteiger partial charge in [-0.25, -0.2) is 8.42 Å². The van der Waals surface area contributed by atoms with Crippen LogP contribution in [-0.2, 0) is 16.4 Å². The van der Waals surface area contributed by atoms with Gasteiger partial charge in [0.05, 0.1) is 10.6 Å². The lowest BCUT2D eigenvalue weighted by molar-refractivity contribution is 0.0776. The van der Waals surface area contributed by atoms with E-state index >= 15 is 0 Å². The van der Waals surface area contributed by atoms with E-state index < -0.39 is 10.0 Å². The Labute approximate surface area is 178 Å². The predicted molar refractivity (Wildman–Crippen MR) is 116 cm³/mol. The van der Waals surface area contributed by atoms with E-state index in [0.717, 1.165) is 17.7 Å². The molecule has 29 heavy (non-hydrogen) atoms. The summed E-state index contributed by atoms with van der Waals surface area (Å²) in [6, 6.07) is 13.9. The number of likely N-dealkylation sites (tertiary alicyclic amines) is 1. The Hall–Kier alpha value is -2.09. The van der Waals surface area contributed by atoms with Crippen LogP contribution in [0, 0.1) is 5.41 Å². The lowest BCUT2D eigenvalue weighted by Gasteiger charge is -2.23. The molecule has 2 aromatic rings. The number of carbonyl (C=O) groups excluding carboxylic acids is 1. The van der Waals surface area contributed by atoms with E-state index in [1.54, 1.807) is 23.1 Å². The van der Waals surface area contributed by atoms with Crippen molar-refractivity contribution in [3.63, 3.8) is 0 Å². The number of nitrogens with zero attached hydrogens (tertiary/aromatic N) is 2. The molecule has 0 aromatic heterocycles. The van der Waals surface area contributed by atoms with Gasteiger partial charge in [0.2, 0.25) is 0 Å². The normalized spacial score (nSPS) is 21.0. The van der Waals surface area contributed by atoms with Crippen LogP contribution in [0.15, 0.2) is 53.4 Å². The van der Waals surface area contributed by atoms with E-state index in [0.29, 0.717) is 38.2 Å². The molecular weight excluding hydrogens is 410 g/mol. The molecule has 0 radical (unpaired) electrons. The molecule has 8 heteroatoms. The highest BCUT2D eigenvalue weighted by atomic mass is 35.5. The number of carbonyl (C=O) groups is 1. The summed E-state index contributed by atoms with van der Waals surface area (Å²) in [5.74, 6) is -0.143. The molecule has 156 valence electrons. The summed E-state index contributed by atoms with van der Waals surface area (Å²) >= 11 is 0. The summed E-state index contributed by atoms with van der Waals surface area (Å²) < 4.78 is 27.9. The van der Waals surface area contributed by atoms with Gasteiger partial charge in [0, 0.05) is 25.2 Å². The minimum atomic E-state index is -3.72. The first-order valence-corrected chi connectivity index (χ1v) is 11.0. The molecule has 2 heterocycles. The highest BCUT2D eigenvalue weighted by Gasteiger charge is 2.36. The van der Waals surface area contributed by atoms with Crippen molar-refractivity contribution in [2.24, 2.45) is 11.1 Å². The molecule has 1 saturated heterocycles. The van der Waals surface area contributed by atoms with Gasteiger partial charge in [0.15, 0.2) is 0 Å². The van der Waals surface area contributed by atoms with Crippen LogP contribution in [0.4, 0.5) is 5.69 Å². The van der Waals surface area contributed by atoms with Gasteiger partial charge < -0.3 is 10.6 Å². The van der Waals surface area contributed by atoms with Crippen LogP contribution in [0.5, 0.6) is 0 Å². The predicted octanol–water partition coefficient (Wildman–Crippen LogP) is 2.67. The number of sulfonamides is 1. The van der Waals surface area contributed by atoms with Crippen molar-refractivity contribution in [2.45, 2.75) is 24.7 Å². The SMILES string of the molecule is CC1(CN)CCN(C(=O)c2cccc(S(=O)(=O)N3CCc4ccccc43)c2)C1.Cl. The molecule has 0 saturated carbocycles. The molecule has 0 aliphatic carbocycles. The Balaban J connectivity index is 0.00000240. The van der Waals surface area contributed by atoms with E-state index in [-0.39, 0.29) is 28.6 Å². The third-order valence-electron chi connectivity index (χ3n) is 5.85. The van der Waals surface area contributed by atoms with Crippen LogP contribution in [0.25, 0.3) is 0 Å². The number of hydrogen-bond acceptors (Lipinski definition) is 4. The molecule has 2 aromatic carbocycles. The fraction of sp³-hybridized carbons (Fsp3) is 0.381. The lowest BCUT2D eigenvalue weighted by Crippen LogP contribution is -2.34. The Morgan fingerprint density at radius 1 is 1.14 bits per heavy atom. The number of hydrogen-bond donors (Lipinski definition) is 1. The van der Waals surface area contributed by atoms with Crippen LogP contribution in [-0.4, -0.2) is 45.4 Å². The molecule has 2 aliphatic rings. The standard InChI is InChI=1S/C21H25N3O3S.ClH/c1-21(14-22)10-12-23(15-21)20(25)17-6-4-7-18(13-17)28(26,27)24-11-9-16-5-2-3-8-19(16)24;/h2-8,13H,9-12,14-15,22H2,1H3;1H. The maximum absolute atomic E-state index is 13.2. The zero-order valence-corrected chi connectivity index (χ0v) is 18.0. The zero-order valence-electron chi connectivity index (χ0n) is 16.4. The van der Waals surface area contributed by atoms with Crippen molar-refractivity contribution < 1.29 is 13.2 Å². The summed E-state index contributed by atoms with van der Waals surface area (Å²) in [6.45, 7) is 4.26. The molecule has 6 nitrogen and oxygen atoms in total. The van der Waals surface area contributed by atoms with Crippen molar-refractivity contribution in [3.05, 3.63) is 59.7 Å². The lowest BCUT2D eigenvalue weighted by atomic mass is 9.90. The molecule has 1 unspecified atom stereocenters. The summed E-state index contributed by atoms with van der Waals surface area (Å²) in [5.41, 5.74) is 7.91. The number of fused-ring (bicyclic) bond motifs is 1. The molecular formula is C21H26ClN3O3S. The van der Waals surface area contributed by atoms with E-state index in [2.05, 4.69) is 6.92 Å². The number of para-hydroxylation sites is 1. The Morgan fingerprint density at radius 3 is 2.62 bits per heavy atom. The number of rotatable bonds is 4. The zero-order chi connectivity index (χ0) is 19.9. The average Bonchev–Trinajstić information content (AvgIpc) is 3.32. The van der Waals surface area contributed by atoms with Gasteiger partial charge in [0.25, 0.3) is 15.9 Å². The third-order valence-corrected chi connectivity index (χ3v) is 7.66. The van der Waals surface area contributed by atoms with Gasteiger partial charge in [0.1, 0.15) is 0 Å². The molecule has 0 spiro atoms. The first kappa shape index (κ1) is 21.6. The van der Waals surface area contributed by atoms with Gasteiger partial charge in [-0.2, -0.15) is 0 Å². The van der Waals surface area contributed by atoms with Crippen LogP contribution in [0.1, 0.15) is 29.3 Å². The highest BCUT2D eigenvalue weighted by Crippen LogP contribution is 2.33. The van der Waals surface area contributed by atoms with Crippen molar-refractivity contribution in [2.75, 3.05) is 30.5 Å². The van der Waals surface area contributed by atoms with E-state index in [1.807, 2.05) is 24.3 Å². The van der Waals surface area contributed by atoms with Gasteiger partial charge in [-0.15, -0.1) is 12.4 Å². The second-order valence-electron chi connectivity index (χ2n) is 7.98. The maximum Gasteiger partial charge on any atom is 0.264 e. The Bertz CT molecular complexity index is 1030. The number of anilines is 1. The number of halogens is 1. The summed E-state index contributed by atoms with van der Waals surface area (Å²) in [6.07, 6.45) is 1.55. The number of benzene rings is 2. The minimum Gasteiger partial charge on any atom is -0.338 e. The average molecular weight is 436 g/mol.